The highest BCUT2D eigenvalue weighted by Gasteiger charge is 2.52. The second kappa shape index (κ2) is 16.3. The molecule has 0 radical (unpaired) electrons. The SMILES string of the molecule is CC(=O)N[C@H]1[C@@H](O[C@H](C)[C@H](NC(=O)OCC2c3ccccc3-c3ccccc32)C(=O)O)O[C@H](CO[Si](C)(C)C(C)(C)C)[C@H](O)[C@@H]1O[Si](C)(C)C(C)(C)C. The smallest absolute Gasteiger partial charge is 0.407 e. The molecule has 2 aliphatic rings. The maximum Gasteiger partial charge on any atom is 0.407 e. The average molecular weight is 773 g/mol. The lowest BCUT2D eigenvalue weighted by atomic mass is 9.96. The predicted molar refractivity (Wildman–Crippen MR) is 208 cm³/mol. The van der Waals surface area contributed by atoms with Crippen molar-refractivity contribution in [2.75, 3.05) is 13.2 Å². The number of hydrogen-bond acceptors (Lipinski definition) is 9. The first-order valence-corrected chi connectivity index (χ1v) is 24.2. The zero-order valence-corrected chi connectivity index (χ0v) is 35.3. The van der Waals surface area contributed by atoms with Crippen molar-refractivity contribution in [2.45, 2.75) is 140 Å². The molecular weight excluding hydrogens is 713 g/mol. The number of alkyl carbamates (subject to hydrolysis) is 1. The Labute approximate surface area is 316 Å². The minimum atomic E-state index is -2.56. The highest BCUT2D eigenvalue weighted by atomic mass is 28.4. The third-order valence-corrected chi connectivity index (χ3v) is 20.4. The Morgan fingerprint density at radius 3 is 1.89 bits per heavy atom. The molecule has 1 aliphatic heterocycles. The fourth-order valence-corrected chi connectivity index (χ4v) is 8.49. The standard InChI is InChI=1S/C39H60N2O10Si2/c1-23(31(35(44)45)41-37(46)47-21-29-27-19-15-13-17-25(27)26-18-14-16-20-28(26)29)49-36-32(40-24(2)42)34(51-53(11,12)39(6,7)8)33(43)30(50-36)22-48-52(9,10)38(3,4)5/h13-20,23,29-34,36,43H,21-22H2,1-12H3,(H,40,42)(H,41,46)(H,44,45)/t23-,30-,31+,32-,33+,34-,36+/m1/s1. The number of amides is 2. The van der Waals surface area contributed by atoms with Crippen molar-refractivity contribution in [1.82, 2.24) is 10.6 Å². The van der Waals surface area contributed by atoms with Gasteiger partial charge in [-0.1, -0.05) is 90.1 Å². The normalized spacial score (nSPS) is 23.4. The molecule has 2 amide bonds. The number of aliphatic hydroxyl groups excluding tert-OH is 1. The monoisotopic (exact) mass is 772 g/mol. The molecule has 7 atom stereocenters. The Balaban J connectivity index is 1.56. The second-order valence-electron chi connectivity index (χ2n) is 17.3. The van der Waals surface area contributed by atoms with Gasteiger partial charge in [-0.2, -0.15) is 0 Å². The molecular formula is C39H60N2O10Si2. The van der Waals surface area contributed by atoms with Gasteiger partial charge in [-0.05, 0) is 65.4 Å². The highest BCUT2D eigenvalue weighted by Crippen LogP contribution is 2.45. The van der Waals surface area contributed by atoms with E-state index in [1.807, 2.05) is 61.6 Å². The molecule has 1 aliphatic carbocycles. The number of rotatable bonds is 13. The first-order valence-electron chi connectivity index (χ1n) is 18.4. The molecule has 12 nitrogen and oxygen atoms in total. The summed E-state index contributed by atoms with van der Waals surface area (Å²) in [7, 11) is -4.86. The number of carbonyl (C=O) groups excluding carboxylic acids is 2. The van der Waals surface area contributed by atoms with Crippen LogP contribution in [0.1, 0.15) is 72.4 Å². The number of hydrogen-bond donors (Lipinski definition) is 4. The van der Waals surface area contributed by atoms with Crippen LogP contribution >= 0.6 is 0 Å². The van der Waals surface area contributed by atoms with Crippen molar-refractivity contribution < 1.29 is 47.7 Å². The summed E-state index contributed by atoms with van der Waals surface area (Å²) in [4.78, 5) is 38.4. The molecule has 4 rings (SSSR count). The van der Waals surface area contributed by atoms with E-state index in [4.69, 9.17) is 23.1 Å². The van der Waals surface area contributed by atoms with E-state index in [1.54, 1.807) is 0 Å². The van der Waals surface area contributed by atoms with E-state index in [1.165, 1.54) is 13.8 Å². The molecule has 4 N–H and O–H groups in total. The molecule has 0 bridgehead atoms. The van der Waals surface area contributed by atoms with Gasteiger partial charge in [0.1, 0.15) is 24.9 Å². The molecule has 2 aromatic rings. The van der Waals surface area contributed by atoms with Gasteiger partial charge in [0, 0.05) is 12.8 Å². The van der Waals surface area contributed by atoms with E-state index in [0.29, 0.717) is 0 Å². The van der Waals surface area contributed by atoms with Crippen molar-refractivity contribution in [3.05, 3.63) is 59.7 Å². The molecule has 0 aromatic heterocycles. The molecule has 294 valence electrons. The molecule has 53 heavy (non-hydrogen) atoms. The van der Waals surface area contributed by atoms with Crippen molar-refractivity contribution in [3.63, 3.8) is 0 Å². The van der Waals surface area contributed by atoms with Crippen LogP contribution in [0.5, 0.6) is 0 Å². The summed E-state index contributed by atoms with van der Waals surface area (Å²) in [5, 5.41) is 27.0. The van der Waals surface area contributed by atoms with E-state index >= 15 is 0 Å². The number of aliphatic carboxylic acids is 1. The van der Waals surface area contributed by atoms with Crippen LogP contribution < -0.4 is 10.6 Å². The Hall–Kier alpha value is -3.12. The van der Waals surface area contributed by atoms with Gasteiger partial charge in [0.15, 0.2) is 29.0 Å². The number of ether oxygens (including phenoxy) is 3. The van der Waals surface area contributed by atoms with Gasteiger partial charge < -0.3 is 43.9 Å². The van der Waals surface area contributed by atoms with Gasteiger partial charge in [0.2, 0.25) is 5.91 Å². The second-order valence-corrected chi connectivity index (χ2v) is 26.9. The molecule has 14 heteroatoms. The first kappa shape index (κ1) is 42.6. The summed E-state index contributed by atoms with van der Waals surface area (Å²) in [6.07, 6.45) is -6.49. The Kier molecular flexibility index (Phi) is 13.1. The number of carboxylic acid groups (broad SMARTS) is 1. The number of benzene rings is 2. The van der Waals surface area contributed by atoms with Crippen LogP contribution in [0.3, 0.4) is 0 Å². The van der Waals surface area contributed by atoms with Gasteiger partial charge in [-0.25, -0.2) is 9.59 Å². The first-order chi connectivity index (χ1) is 24.4. The number of nitrogens with one attached hydrogen (secondary N) is 2. The van der Waals surface area contributed by atoms with Crippen molar-refractivity contribution in [2.24, 2.45) is 0 Å². The van der Waals surface area contributed by atoms with Crippen LogP contribution in [-0.2, 0) is 32.7 Å². The maximum absolute atomic E-state index is 13.2. The van der Waals surface area contributed by atoms with Gasteiger partial charge in [-0.3, -0.25) is 4.79 Å². The van der Waals surface area contributed by atoms with Crippen molar-refractivity contribution in [1.29, 1.82) is 0 Å². The summed E-state index contributed by atoms with van der Waals surface area (Å²) in [5.74, 6) is -1.99. The van der Waals surface area contributed by atoms with Crippen LogP contribution in [0, 0.1) is 0 Å². The Morgan fingerprint density at radius 1 is 0.868 bits per heavy atom. The molecule has 0 unspecified atom stereocenters. The minimum Gasteiger partial charge on any atom is -0.480 e. The quantitative estimate of drug-likeness (QED) is 0.168. The van der Waals surface area contributed by atoms with Gasteiger partial charge in [0.25, 0.3) is 0 Å². The van der Waals surface area contributed by atoms with E-state index in [9.17, 15) is 24.6 Å². The maximum atomic E-state index is 13.2. The summed E-state index contributed by atoms with van der Waals surface area (Å²) in [6, 6.07) is 13.3. The van der Waals surface area contributed by atoms with E-state index < -0.39 is 77.4 Å². The van der Waals surface area contributed by atoms with Crippen LogP contribution in [0.4, 0.5) is 4.79 Å². The molecule has 0 spiro atoms. The lowest BCUT2D eigenvalue weighted by Gasteiger charge is -2.50. The van der Waals surface area contributed by atoms with E-state index in [0.717, 1.165) is 22.3 Å². The summed E-state index contributed by atoms with van der Waals surface area (Å²) >= 11 is 0. The van der Waals surface area contributed by atoms with Gasteiger partial charge in [-0.15, -0.1) is 0 Å². The van der Waals surface area contributed by atoms with Crippen molar-refractivity contribution >= 4 is 34.6 Å². The molecule has 1 fully saturated rings. The zero-order valence-electron chi connectivity index (χ0n) is 33.3. The molecule has 1 saturated heterocycles. The molecule has 1 heterocycles. The lowest BCUT2D eigenvalue weighted by Crippen LogP contribution is -2.68. The van der Waals surface area contributed by atoms with E-state index in [-0.39, 0.29) is 29.2 Å². The van der Waals surface area contributed by atoms with Crippen molar-refractivity contribution in [3.8, 4) is 11.1 Å². The lowest BCUT2D eigenvalue weighted by molar-refractivity contribution is -0.279. The highest BCUT2D eigenvalue weighted by molar-refractivity contribution is 6.74. The van der Waals surface area contributed by atoms with Crippen LogP contribution in [0.15, 0.2) is 48.5 Å². The predicted octanol–water partition coefficient (Wildman–Crippen LogP) is 6.39. The third kappa shape index (κ3) is 9.77. The van der Waals surface area contributed by atoms with Crippen LogP contribution in [-0.4, -0.2) is 101 Å². The number of fused-ring (bicyclic) bond motifs is 3. The molecule has 0 saturated carbocycles. The zero-order chi connectivity index (χ0) is 39.7. The largest absolute Gasteiger partial charge is 0.480 e. The number of carbonyl (C=O) groups is 3. The summed E-state index contributed by atoms with van der Waals surface area (Å²) < 4.78 is 31.5. The summed E-state index contributed by atoms with van der Waals surface area (Å²) in [5.41, 5.74) is 4.18. The Bertz CT molecular complexity index is 1580. The third-order valence-electron chi connectivity index (χ3n) is 11.4. The van der Waals surface area contributed by atoms with Crippen LogP contribution in [0.2, 0.25) is 36.3 Å². The summed E-state index contributed by atoms with van der Waals surface area (Å²) in [6.45, 7) is 23.6. The fraction of sp³-hybridized carbons (Fsp3) is 0.615. The topological polar surface area (TPSA) is 162 Å². The fourth-order valence-electron chi connectivity index (χ4n) is 6.16. The van der Waals surface area contributed by atoms with E-state index in [2.05, 4.69) is 65.3 Å². The number of carboxylic acids is 1. The average Bonchev–Trinajstić information content (AvgIpc) is 3.36. The van der Waals surface area contributed by atoms with Gasteiger partial charge in [0.05, 0.1) is 18.8 Å². The van der Waals surface area contributed by atoms with Gasteiger partial charge >= 0.3 is 12.1 Å². The Morgan fingerprint density at radius 2 is 1.40 bits per heavy atom. The minimum absolute atomic E-state index is 0.00194. The number of aliphatic hydroxyl groups is 1. The van der Waals surface area contributed by atoms with Crippen LogP contribution in [0.25, 0.3) is 11.1 Å². The molecule has 2 aromatic carbocycles.